The molecule has 23 heavy (non-hydrogen) atoms. The maximum atomic E-state index is 12.2. The number of rotatable bonds is 8. The Kier molecular flexibility index (Phi) is 6.92. The van der Waals surface area contributed by atoms with E-state index >= 15 is 0 Å². The standard InChI is InChI=1S/C16H20N2O5/c1-3-12(19)7-8-13(14(17)20)18-15(21)10-5-4-6-11(9-10)16(22)23-2/h4-6,9,13H,3,7-8H2,1-2H3,(H2,17,20)(H,18,21)/t13-/m0/s1. The van der Waals surface area contributed by atoms with Crippen molar-refractivity contribution < 1.29 is 23.9 Å². The molecule has 0 aromatic heterocycles. The van der Waals surface area contributed by atoms with Gasteiger partial charge >= 0.3 is 5.97 Å². The number of carbonyl (C=O) groups is 4. The highest BCUT2D eigenvalue weighted by atomic mass is 16.5. The number of primary amides is 1. The summed E-state index contributed by atoms with van der Waals surface area (Å²) in [7, 11) is 1.24. The molecule has 3 N–H and O–H groups in total. The lowest BCUT2D eigenvalue weighted by atomic mass is 10.1. The fourth-order valence-corrected chi connectivity index (χ4v) is 1.91. The number of hydrogen-bond donors (Lipinski definition) is 2. The van der Waals surface area contributed by atoms with Crippen LogP contribution >= 0.6 is 0 Å². The van der Waals surface area contributed by atoms with Crippen LogP contribution in [0.5, 0.6) is 0 Å². The number of hydrogen-bond acceptors (Lipinski definition) is 5. The molecule has 1 atom stereocenters. The summed E-state index contributed by atoms with van der Waals surface area (Å²) in [5, 5.41) is 2.48. The van der Waals surface area contributed by atoms with Crippen molar-refractivity contribution in [1.29, 1.82) is 0 Å². The Hall–Kier alpha value is -2.70. The molecule has 124 valence electrons. The minimum absolute atomic E-state index is 0.0156. The largest absolute Gasteiger partial charge is 0.465 e. The quantitative estimate of drug-likeness (QED) is 0.688. The molecule has 7 nitrogen and oxygen atoms in total. The Morgan fingerprint density at radius 3 is 2.43 bits per heavy atom. The van der Waals surface area contributed by atoms with Gasteiger partial charge in [0.05, 0.1) is 12.7 Å². The van der Waals surface area contributed by atoms with Gasteiger partial charge in [-0.15, -0.1) is 0 Å². The van der Waals surface area contributed by atoms with Crippen LogP contribution in [-0.2, 0) is 14.3 Å². The van der Waals surface area contributed by atoms with Gasteiger partial charge in [-0.2, -0.15) is 0 Å². The van der Waals surface area contributed by atoms with E-state index in [1.165, 1.54) is 31.4 Å². The average molecular weight is 320 g/mol. The summed E-state index contributed by atoms with van der Waals surface area (Å²) in [6.07, 6.45) is 0.664. The lowest BCUT2D eigenvalue weighted by Crippen LogP contribution is -2.44. The summed E-state index contributed by atoms with van der Waals surface area (Å²) >= 11 is 0. The molecule has 0 aliphatic rings. The molecule has 1 rings (SSSR count). The minimum Gasteiger partial charge on any atom is -0.465 e. The molecular weight excluding hydrogens is 300 g/mol. The number of Topliss-reactive ketones (excluding diaryl/α,β-unsaturated/α-hetero) is 1. The summed E-state index contributed by atoms with van der Waals surface area (Å²) in [4.78, 5) is 46.4. The van der Waals surface area contributed by atoms with E-state index in [0.29, 0.717) is 6.42 Å². The summed E-state index contributed by atoms with van der Waals surface area (Å²) in [5.41, 5.74) is 5.67. The summed E-state index contributed by atoms with van der Waals surface area (Å²) in [6, 6.07) is 4.95. The van der Waals surface area contributed by atoms with Crippen LogP contribution in [0.15, 0.2) is 24.3 Å². The molecule has 0 bridgehead atoms. The Bertz CT molecular complexity index is 612. The zero-order chi connectivity index (χ0) is 17.4. The van der Waals surface area contributed by atoms with Gasteiger partial charge in [0.1, 0.15) is 11.8 Å². The number of methoxy groups -OCH3 is 1. The molecule has 0 unspecified atom stereocenters. The van der Waals surface area contributed by atoms with E-state index in [-0.39, 0.29) is 29.8 Å². The second-order valence-electron chi connectivity index (χ2n) is 4.93. The molecule has 0 aliphatic carbocycles. The first-order chi connectivity index (χ1) is 10.9. The third-order valence-corrected chi connectivity index (χ3v) is 3.30. The normalized spacial score (nSPS) is 11.4. The van der Waals surface area contributed by atoms with Gasteiger partial charge in [-0.05, 0) is 24.6 Å². The molecule has 0 aliphatic heterocycles. The van der Waals surface area contributed by atoms with Crippen molar-refractivity contribution in [2.45, 2.75) is 32.2 Å². The van der Waals surface area contributed by atoms with Gasteiger partial charge in [-0.25, -0.2) is 4.79 Å². The molecule has 7 heteroatoms. The highest BCUT2D eigenvalue weighted by Gasteiger charge is 2.20. The van der Waals surface area contributed by atoms with Crippen molar-refractivity contribution in [2.24, 2.45) is 5.73 Å². The van der Waals surface area contributed by atoms with Gasteiger partial charge in [-0.3, -0.25) is 14.4 Å². The molecule has 0 radical (unpaired) electrons. The van der Waals surface area contributed by atoms with E-state index in [1.54, 1.807) is 6.92 Å². The Balaban J connectivity index is 2.80. The number of nitrogens with two attached hydrogens (primary N) is 1. The average Bonchev–Trinajstić information content (AvgIpc) is 2.56. The predicted octanol–water partition coefficient (Wildman–Crippen LogP) is 0.816. The number of ether oxygens (including phenoxy) is 1. The smallest absolute Gasteiger partial charge is 0.337 e. The van der Waals surface area contributed by atoms with Crippen LogP contribution < -0.4 is 11.1 Å². The van der Waals surface area contributed by atoms with Crippen molar-refractivity contribution >= 4 is 23.6 Å². The third-order valence-electron chi connectivity index (χ3n) is 3.30. The lowest BCUT2D eigenvalue weighted by Gasteiger charge is -2.15. The van der Waals surface area contributed by atoms with E-state index < -0.39 is 23.8 Å². The number of esters is 1. The molecule has 0 spiro atoms. The summed E-state index contributed by atoms with van der Waals surface area (Å²) in [5.74, 6) is -1.85. The topological polar surface area (TPSA) is 116 Å². The van der Waals surface area contributed by atoms with E-state index in [2.05, 4.69) is 10.1 Å². The SMILES string of the molecule is CCC(=O)CC[C@H](NC(=O)c1cccc(C(=O)OC)c1)C(N)=O. The number of nitrogens with one attached hydrogen (secondary N) is 1. The van der Waals surface area contributed by atoms with Crippen LogP contribution in [0.2, 0.25) is 0 Å². The molecule has 0 heterocycles. The zero-order valence-electron chi connectivity index (χ0n) is 13.1. The molecule has 0 saturated heterocycles. The van der Waals surface area contributed by atoms with E-state index in [0.717, 1.165) is 0 Å². The van der Waals surface area contributed by atoms with Crippen LogP contribution in [0.25, 0.3) is 0 Å². The zero-order valence-corrected chi connectivity index (χ0v) is 13.1. The molecule has 1 aromatic carbocycles. The number of carbonyl (C=O) groups excluding carboxylic acids is 4. The van der Waals surface area contributed by atoms with Gasteiger partial charge in [0.2, 0.25) is 5.91 Å². The second kappa shape index (κ2) is 8.67. The highest BCUT2D eigenvalue weighted by molar-refractivity contribution is 5.99. The molecule has 1 aromatic rings. The summed E-state index contributed by atoms with van der Waals surface area (Å²) < 4.78 is 4.59. The van der Waals surface area contributed by atoms with Crippen molar-refractivity contribution in [3.8, 4) is 0 Å². The maximum absolute atomic E-state index is 12.2. The molecule has 0 fully saturated rings. The van der Waals surface area contributed by atoms with Crippen molar-refractivity contribution in [3.63, 3.8) is 0 Å². The van der Waals surface area contributed by atoms with Gasteiger partial charge < -0.3 is 15.8 Å². The van der Waals surface area contributed by atoms with Crippen LogP contribution in [0.4, 0.5) is 0 Å². The van der Waals surface area contributed by atoms with Crippen LogP contribution in [0, 0.1) is 0 Å². The molecule has 0 saturated carbocycles. The van der Waals surface area contributed by atoms with Gasteiger partial charge in [0.25, 0.3) is 5.91 Å². The molecule has 2 amide bonds. The van der Waals surface area contributed by atoms with E-state index in [9.17, 15) is 19.2 Å². The fourth-order valence-electron chi connectivity index (χ4n) is 1.91. The Labute approximate surface area is 134 Å². The monoisotopic (exact) mass is 320 g/mol. The first-order valence-corrected chi connectivity index (χ1v) is 7.19. The van der Waals surface area contributed by atoms with Crippen molar-refractivity contribution in [1.82, 2.24) is 5.32 Å². The van der Waals surface area contributed by atoms with Crippen molar-refractivity contribution in [2.75, 3.05) is 7.11 Å². The van der Waals surface area contributed by atoms with Crippen molar-refractivity contribution in [3.05, 3.63) is 35.4 Å². The highest BCUT2D eigenvalue weighted by Crippen LogP contribution is 2.08. The van der Waals surface area contributed by atoms with Gasteiger partial charge in [0.15, 0.2) is 0 Å². The summed E-state index contributed by atoms with van der Waals surface area (Å²) in [6.45, 7) is 1.72. The first kappa shape index (κ1) is 18.3. The molecular formula is C16H20N2O5. The fraction of sp³-hybridized carbons (Fsp3) is 0.375. The lowest BCUT2D eigenvalue weighted by molar-refractivity contribution is -0.121. The number of benzene rings is 1. The second-order valence-corrected chi connectivity index (χ2v) is 4.93. The third kappa shape index (κ3) is 5.54. The van der Waals surface area contributed by atoms with Crippen LogP contribution in [0.1, 0.15) is 46.9 Å². The van der Waals surface area contributed by atoms with Gasteiger partial charge in [0, 0.05) is 18.4 Å². The first-order valence-electron chi connectivity index (χ1n) is 7.19. The Morgan fingerprint density at radius 2 is 1.87 bits per heavy atom. The van der Waals surface area contributed by atoms with E-state index in [4.69, 9.17) is 5.73 Å². The van der Waals surface area contributed by atoms with Crippen LogP contribution in [0.3, 0.4) is 0 Å². The predicted molar refractivity (Wildman–Crippen MR) is 82.8 cm³/mol. The van der Waals surface area contributed by atoms with E-state index in [1.807, 2.05) is 0 Å². The maximum Gasteiger partial charge on any atom is 0.337 e. The number of ketones is 1. The number of amides is 2. The van der Waals surface area contributed by atoms with Gasteiger partial charge in [-0.1, -0.05) is 13.0 Å². The minimum atomic E-state index is -0.945. The Morgan fingerprint density at radius 1 is 1.22 bits per heavy atom. The van der Waals surface area contributed by atoms with Crippen LogP contribution in [-0.4, -0.2) is 36.7 Å².